The number of carboxylic acid groups (broad SMARTS) is 1. The van der Waals surface area contributed by atoms with Gasteiger partial charge in [-0.2, -0.15) is 0 Å². The molecule has 0 saturated carbocycles. The van der Waals surface area contributed by atoms with Gasteiger partial charge in [-0.1, -0.05) is 0 Å². The predicted octanol–water partition coefficient (Wildman–Crippen LogP) is 5.21. The number of ether oxygens (including phenoxy) is 1. The van der Waals surface area contributed by atoms with Gasteiger partial charge in [-0.25, -0.2) is 0 Å². The first-order chi connectivity index (χ1) is 15.7. The van der Waals surface area contributed by atoms with Gasteiger partial charge in [0, 0.05) is 0 Å². The molecule has 1 heterocycles. The molecule has 1 atom stereocenters. The van der Waals surface area contributed by atoms with Crippen LogP contribution < -0.4 is 9.22 Å². The molecule has 0 aliphatic rings. The molecule has 1 N–H and O–H groups in total. The molecule has 172 valence electrons. The van der Waals surface area contributed by atoms with Crippen molar-refractivity contribution in [1.82, 2.24) is 4.98 Å². The quantitative estimate of drug-likeness (QED) is 0.313. The summed E-state index contributed by atoms with van der Waals surface area (Å²) in [5, 5.41) is 10.4. The van der Waals surface area contributed by atoms with Crippen molar-refractivity contribution in [3.05, 3.63) is 90.0 Å². The van der Waals surface area contributed by atoms with Crippen LogP contribution in [0.3, 0.4) is 0 Å². The molecular formula is C25H23AsF3NO3. The zero-order valence-corrected chi connectivity index (χ0v) is 19.8. The Morgan fingerprint density at radius 3 is 2.48 bits per heavy atom. The number of hydrogen-bond acceptors (Lipinski definition) is 3. The number of hydrogen-bond donors (Lipinski definition) is 1. The number of carbonyl (C=O) groups is 1. The third-order valence-electron chi connectivity index (χ3n) is 4.88. The van der Waals surface area contributed by atoms with Crippen molar-refractivity contribution in [3.63, 3.8) is 0 Å². The van der Waals surface area contributed by atoms with Crippen molar-refractivity contribution < 1.29 is 27.8 Å². The fourth-order valence-electron chi connectivity index (χ4n) is 3.32. The van der Waals surface area contributed by atoms with Crippen LogP contribution in [0.1, 0.15) is 16.7 Å². The average Bonchev–Trinajstić information content (AvgIpc) is 2.78. The van der Waals surface area contributed by atoms with Gasteiger partial charge >= 0.3 is 195 Å². The summed E-state index contributed by atoms with van der Waals surface area (Å²) >= 11 is -1.70. The van der Waals surface area contributed by atoms with Gasteiger partial charge in [0.15, 0.2) is 0 Å². The number of aliphatic carboxylic acids is 1. The zero-order valence-electron chi connectivity index (χ0n) is 18.0. The Bertz CT molecular complexity index is 1130. The summed E-state index contributed by atoms with van der Waals surface area (Å²) in [6.07, 6.45) is -2.49. The van der Waals surface area contributed by atoms with E-state index in [0.717, 1.165) is 38.2 Å². The fourth-order valence-corrected chi connectivity index (χ4v) is 7.46. The molecule has 1 unspecified atom stereocenters. The molecule has 0 aliphatic carbocycles. The van der Waals surface area contributed by atoms with Gasteiger partial charge in [-0.15, -0.1) is 0 Å². The molecule has 0 radical (unpaired) electrons. The number of rotatable bonds is 9. The van der Waals surface area contributed by atoms with Crippen molar-refractivity contribution >= 4 is 25.1 Å². The molecule has 8 heteroatoms. The molecule has 0 spiro atoms. The summed E-state index contributed by atoms with van der Waals surface area (Å²) in [5.74, 6) is -0.498. The Kier molecular flexibility index (Phi) is 7.98. The number of carboxylic acids is 1. The van der Waals surface area contributed by atoms with Crippen molar-refractivity contribution in [3.8, 4) is 17.0 Å². The Morgan fingerprint density at radius 1 is 1.15 bits per heavy atom. The first-order valence-electron chi connectivity index (χ1n) is 10.1. The Morgan fingerprint density at radius 2 is 1.88 bits per heavy atom. The van der Waals surface area contributed by atoms with Crippen LogP contribution in [0.2, 0.25) is 5.21 Å². The average molecular weight is 517 g/mol. The molecule has 3 rings (SSSR count). The number of alkyl halides is 3. The molecule has 0 fully saturated rings. The summed E-state index contributed by atoms with van der Waals surface area (Å²) in [6, 6.07) is 16.4. The second-order valence-corrected chi connectivity index (χ2v) is 12.1. The number of aryl methyl sites for hydroxylation is 1. The number of pyridine rings is 1. The first kappa shape index (κ1) is 24.6. The number of nitrogens with zero attached hydrogens (tertiary/aromatic N) is 1. The van der Waals surface area contributed by atoms with E-state index < -0.39 is 39.0 Å². The van der Waals surface area contributed by atoms with E-state index in [-0.39, 0.29) is 0 Å². The fraction of sp³-hybridized carbons (Fsp3) is 0.200. The van der Waals surface area contributed by atoms with Crippen LogP contribution >= 0.6 is 0 Å². The van der Waals surface area contributed by atoms with Gasteiger partial charge in [-0.05, 0) is 0 Å². The van der Waals surface area contributed by atoms with E-state index in [0.29, 0.717) is 17.0 Å². The van der Waals surface area contributed by atoms with E-state index in [1.807, 2.05) is 37.3 Å². The van der Waals surface area contributed by atoms with Gasteiger partial charge in [0.2, 0.25) is 0 Å². The molecule has 33 heavy (non-hydrogen) atoms. The number of aromatic nitrogens is 1. The standard InChI is InChI=1S/C25H23AsF3NO3/c1-3-13-26(15-18-7-12-22(17(2)14-18)33-16-24(31)32)23-6-4-5-21(30-23)19-8-10-20(11-9-19)25(27,28)29/h3-12,14H,1,13,15-16H2,2H3,(H,31,32). The van der Waals surface area contributed by atoms with Crippen LogP contribution in [0.5, 0.6) is 5.75 Å². The minimum absolute atomic E-state index is 0.394. The second-order valence-electron chi connectivity index (χ2n) is 7.41. The van der Waals surface area contributed by atoms with Crippen LogP contribution in [0, 0.1) is 6.92 Å². The van der Waals surface area contributed by atoms with Crippen LogP contribution in [-0.4, -0.2) is 37.3 Å². The van der Waals surface area contributed by atoms with Crippen LogP contribution in [0.15, 0.2) is 73.3 Å². The molecule has 0 aliphatic heterocycles. The number of allylic oxidation sites excluding steroid dienone is 1. The third-order valence-corrected chi connectivity index (χ3v) is 9.80. The number of halogens is 3. The maximum atomic E-state index is 12.9. The Labute approximate surface area is 195 Å². The van der Waals surface area contributed by atoms with E-state index in [1.165, 1.54) is 12.1 Å². The summed E-state index contributed by atoms with van der Waals surface area (Å²) in [5.41, 5.74) is 2.53. The molecule has 0 saturated heterocycles. The number of benzene rings is 2. The monoisotopic (exact) mass is 517 g/mol. The molecular weight excluding hydrogens is 494 g/mol. The van der Waals surface area contributed by atoms with E-state index in [1.54, 1.807) is 12.1 Å². The normalized spacial score (nSPS) is 12.2. The molecule has 0 bridgehead atoms. The van der Waals surface area contributed by atoms with Gasteiger partial charge in [-0.3, -0.25) is 0 Å². The van der Waals surface area contributed by atoms with Crippen LogP contribution in [-0.2, 0) is 16.2 Å². The molecule has 0 amide bonds. The Hall–Kier alpha value is -3.05. The van der Waals surface area contributed by atoms with Gasteiger partial charge in [0.25, 0.3) is 0 Å². The van der Waals surface area contributed by atoms with Crippen LogP contribution in [0.4, 0.5) is 13.2 Å². The van der Waals surface area contributed by atoms with Crippen molar-refractivity contribution in [2.75, 3.05) is 6.61 Å². The van der Waals surface area contributed by atoms with E-state index >= 15 is 0 Å². The van der Waals surface area contributed by atoms with Crippen molar-refractivity contribution in [2.45, 2.75) is 23.5 Å². The van der Waals surface area contributed by atoms with Gasteiger partial charge in [0.1, 0.15) is 0 Å². The molecule has 1 aromatic heterocycles. The van der Waals surface area contributed by atoms with Gasteiger partial charge < -0.3 is 0 Å². The van der Waals surface area contributed by atoms with Crippen molar-refractivity contribution in [2.24, 2.45) is 0 Å². The third kappa shape index (κ3) is 6.72. The zero-order chi connectivity index (χ0) is 24.0. The van der Waals surface area contributed by atoms with Gasteiger partial charge in [0.05, 0.1) is 0 Å². The molecule has 2 aromatic carbocycles. The maximum absolute atomic E-state index is 12.9. The second kappa shape index (κ2) is 10.7. The van der Waals surface area contributed by atoms with E-state index in [4.69, 9.17) is 14.8 Å². The predicted molar refractivity (Wildman–Crippen MR) is 123 cm³/mol. The first-order valence-corrected chi connectivity index (χ1v) is 13.7. The summed E-state index contributed by atoms with van der Waals surface area (Å²) in [6.45, 7) is 5.36. The van der Waals surface area contributed by atoms with E-state index in [9.17, 15) is 18.0 Å². The SMILES string of the molecule is C=CC[As](Cc1ccc(OCC(=O)O)c(C)c1)c1cccc(-c2ccc(C(F)(F)F)cc2)n1. The summed E-state index contributed by atoms with van der Waals surface area (Å²) in [7, 11) is 0. The summed E-state index contributed by atoms with van der Waals surface area (Å²) in [4.78, 5) is 15.5. The summed E-state index contributed by atoms with van der Waals surface area (Å²) < 4.78 is 44.8. The minimum atomic E-state index is -4.37. The molecule has 3 aromatic rings. The topological polar surface area (TPSA) is 59.4 Å². The van der Waals surface area contributed by atoms with Crippen LogP contribution in [0.25, 0.3) is 11.3 Å². The Balaban J connectivity index is 1.82. The molecule has 4 nitrogen and oxygen atoms in total. The van der Waals surface area contributed by atoms with E-state index in [2.05, 4.69) is 6.58 Å². The van der Waals surface area contributed by atoms with Crippen molar-refractivity contribution in [1.29, 1.82) is 0 Å².